The summed E-state index contributed by atoms with van der Waals surface area (Å²) in [6, 6.07) is 11.0. The summed E-state index contributed by atoms with van der Waals surface area (Å²) in [4.78, 5) is 11.4. The van der Waals surface area contributed by atoms with Crippen molar-refractivity contribution in [1.82, 2.24) is 4.31 Å². The first-order chi connectivity index (χ1) is 11.4. The number of anilines is 1. The number of nitrogens with zero attached hydrogens (tertiary/aromatic N) is 1. The lowest BCUT2D eigenvalue weighted by atomic mass is 10.0. The highest BCUT2D eigenvalue weighted by Crippen LogP contribution is 2.27. The fourth-order valence-corrected chi connectivity index (χ4v) is 4.36. The molecule has 0 saturated carbocycles. The van der Waals surface area contributed by atoms with Gasteiger partial charge in [-0.15, -0.1) is 0 Å². The van der Waals surface area contributed by atoms with Crippen LogP contribution in [0, 0.1) is 0 Å². The van der Waals surface area contributed by atoms with E-state index in [2.05, 4.69) is 0 Å². The van der Waals surface area contributed by atoms with E-state index >= 15 is 0 Å². The van der Waals surface area contributed by atoms with E-state index in [1.54, 1.807) is 30.3 Å². The SMILES string of the molecule is Nc1cc(C(=O)O)cc(-c2ccc(S(=O)(=O)N3CCCC3)cc2)c1. The van der Waals surface area contributed by atoms with E-state index in [1.807, 2.05) is 0 Å². The predicted octanol–water partition coefficient (Wildman–Crippen LogP) is 2.42. The molecule has 1 aliphatic heterocycles. The van der Waals surface area contributed by atoms with Crippen molar-refractivity contribution >= 4 is 21.7 Å². The molecule has 1 aliphatic rings. The van der Waals surface area contributed by atoms with Gasteiger partial charge < -0.3 is 10.8 Å². The minimum Gasteiger partial charge on any atom is -0.478 e. The smallest absolute Gasteiger partial charge is 0.335 e. The topological polar surface area (TPSA) is 101 Å². The average Bonchev–Trinajstić information content (AvgIpc) is 3.09. The minimum absolute atomic E-state index is 0.0961. The highest BCUT2D eigenvalue weighted by molar-refractivity contribution is 7.89. The highest BCUT2D eigenvalue weighted by atomic mass is 32.2. The number of hydrogen-bond acceptors (Lipinski definition) is 4. The van der Waals surface area contributed by atoms with E-state index in [1.165, 1.54) is 16.4 Å². The molecule has 0 amide bonds. The van der Waals surface area contributed by atoms with Crippen LogP contribution < -0.4 is 5.73 Å². The van der Waals surface area contributed by atoms with E-state index in [9.17, 15) is 13.2 Å². The Kier molecular flexibility index (Phi) is 4.29. The van der Waals surface area contributed by atoms with Gasteiger partial charge in [0.2, 0.25) is 10.0 Å². The molecule has 0 bridgehead atoms. The first-order valence-electron chi connectivity index (χ1n) is 7.62. The van der Waals surface area contributed by atoms with Crippen molar-refractivity contribution in [3.05, 3.63) is 48.0 Å². The number of nitrogens with two attached hydrogens (primary N) is 1. The molecule has 0 unspecified atom stereocenters. The van der Waals surface area contributed by atoms with Gasteiger partial charge in [0.15, 0.2) is 0 Å². The molecule has 2 aromatic rings. The third kappa shape index (κ3) is 3.13. The molecule has 0 radical (unpaired) electrons. The molecule has 0 spiro atoms. The summed E-state index contributed by atoms with van der Waals surface area (Å²) in [5, 5.41) is 9.11. The summed E-state index contributed by atoms with van der Waals surface area (Å²) in [5.74, 6) is -1.06. The Morgan fingerprint density at radius 3 is 2.21 bits per heavy atom. The van der Waals surface area contributed by atoms with Gasteiger partial charge in [0.25, 0.3) is 0 Å². The molecule has 24 heavy (non-hydrogen) atoms. The van der Waals surface area contributed by atoms with Crippen LogP contribution in [0.1, 0.15) is 23.2 Å². The lowest BCUT2D eigenvalue weighted by molar-refractivity contribution is 0.0697. The van der Waals surface area contributed by atoms with Crippen LogP contribution in [0.25, 0.3) is 11.1 Å². The number of nitrogen functional groups attached to an aromatic ring is 1. The third-order valence-corrected chi connectivity index (χ3v) is 6.01. The fourth-order valence-electron chi connectivity index (χ4n) is 2.84. The fraction of sp³-hybridized carbons (Fsp3) is 0.235. The Hall–Kier alpha value is -2.38. The highest BCUT2D eigenvalue weighted by Gasteiger charge is 2.26. The van der Waals surface area contributed by atoms with Gasteiger partial charge in [0.1, 0.15) is 0 Å². The molecule has 2 aromatic carbocycles. The number of carboxylic acids is 1. The first kappa shape index (κ1) is 16.5. The number of hydrogen-bond donors (Lipinski definition) is 2. The van der Waals surface area contributed by atoms with Gasteiger partial charge in [0.05, 0.1) is 10.5 Å². The van der Waals surface area contributed by atoms with Crippen molar-refractivity contribution < 1.29 is 18.3 Å². The van der Waals surface area contributed by atoms with Gasteiger partial charge in [-0.3, -0.25) is 0 Å². The van der Waals surface area contributed by atoms with Crippen molar-refractivity contribution in [3.8, 4) is 11.1 Å². The van der Waals surface area contributed by atoms with E-state index in [-0.39, 0.29) is 10.5 Å². The Bertz CT molecular complexity index is 870. The van der Waals surface area contributed by atoms with Crippen molar-refractivity contribution in [1.29, 1.82) is 0 Å². The van der Waals surface area contributed by atoms with Gasteiger partial charge >= 0.3 is 5.97 Å². The van der Waals surface area contributed by atoms with Crippen LogP contribution in [0.5, 0.6) is 0 Å². The second-order valence-corrected chi connectivity index (χ2v) is 7.72. The molecule has 126 valence electrons. The molecule has 3 rings (SSSR count). The summed E-state index contributed by atoms with van der Waals surface area (Å²) in [7, 11) is -3.45. The van der Waals surface area contributed by atoms with Gasteiger partial charge in [-0.1, -0.05) is 12.1 Å². The monoisotopic (exact) mass is 346 g/mol. The molecule has 6 nitrogen and oxygen atoms in total. The number of rotatable bonds is 4. The van der Waals surface area contributed by atoms with Crippen molar-refractivity contribution in [2.75, 3.05) is 18.8 Å². The molecule has 0 aliphatic carbocycles. The van der Waals surface area contributed by atoms with Crippen LogP contribution in [-0.4, -0.2) is 36.9 Å². The number of aromatic carboxylic acids is 1. The van der Waals surface area contributed by atoms with Crippen LogP contribution >= 0.6 is 0 Å². The van der Waals surface area contributed by atoms with E-state index in [0.717, 1.165) is 12.8 Å². The van der Waals surface area contributed by atoms with E-state index in [0.29, 0.717) is 29.9 Å². The number of carboxylic acid groups (broad SMARTS) is 1. The standard InChI is InChI=1S/C17H18N2O4S/c18-15-10-13(9-14(11-15)17(20)21)12-3-5-16(6-4-12)24(22,23)19-7-1-2-8-19/h3-6,9-11H,1-2,7-8,18H2,(H,20,21). The number of benzene rings is 2. The quantitative estimate of drug-likeness (QED) is 0.828. The second kappa shape index (κ2) is 6.26. The Morgan fingerprint density at radius 2 is 1.62 bits per heavy atom. The Balaban J connectivity index is 1.94. The largest absolute Gasteiger partial charge is 0.478 e. The number of carbonyl (C=O) groups is 1. The van der Waals surface area contributed by atoms with Crippen molar-refractivity contribution in [2.24, 2.45) is 0 Å². The van der Waals surface area contributed by atoms with Crippen LogP contribution in [0.3, 0.4) is 0 Å². The van der Waals surface area contributed by atoms with Crippen LogP contribution in [0.4, 0.5) is 5.69 Å². The molecule has 7 heteroatoms. The summed E-state index contributed by atoms with van der Waals surface area (Å²) < 4.78 is 26.5. The van der Waals surface area contributed by atoms with E-state index in [4.69, 9.17) is 10.8 Å². The Labute approximate surface area is 140 Å². The van der Waals surface area contributed by atoms with Crippen LogP contribution in [-0.2, 0) is 10.0 Å². The zero-order valence-corrected chi connectivity index (χ0v) is 13.8. The summed E-state index contributed by atoms with van der Waals surface area (Å²) >= 11 is 0. The molecule has 1 heterocycles. The van der Waals surface area contributed by atoms with Gasteiger partial charge in [-0.2, -0.15) is 4.31 Å². The zero-order valence-electron chi connectivity index (χ0n) is 13.0. The summed E-state index contributed by atoms with van der Waals surface area (Å²) in [5.41, 5.74) is 7.54. The average molecular weight is 346 g/mol. The lowest BCUT2D eigenvalue weighted by Gasteiger charge is -2.15. The zero-order chi connectivity index (χ0) is 17.3. The lowest BCUT2D eigenvalue weighted by Crippen LogP contribution is -2.27. The molecule has 3 N–H and O–H groups in total. The van der Waals surface area contributed by atoms with Gasteiger partial charge in [-0.25, -0.2) is 13.2 Å². The number of sulfonamides is 1. The van der Waals surface area contributed by atoms with Gasteiger partial charge in [-0.05, 0) is 54.3 Å². The molecule has 0 atom stereocenters. The first-order valence-corrected chi connectivity index (χ1v) is 9.06. The second-order valence-electron chi connectivity index (χ2n) is 5.78. The normalized spacial score (nSPS) is 15.5. The van der Waals surface area contributed by atoms with Crippen molar-refractivity contribution in [2.45, 2.75) is 17.7 Å². The maximum atomic E-state index is 12.5. The van der Waals surface area contributed by atoms with Crippen LogP contribution in [0.15, 0.2) is 47.4 Å². The van der Waals surface area contributed by atoms with Crippen molar-refractivity contribution in [3.63, 3.8) is 0 Å². The molecular formula is C17H18N2O4S. The maximum absolute atomic E-state index is 12.5. The third-order valence-electron chi connectivity index (χ3n) is 4.09. The van der Waals surface area contributed by atoms with Crippen LogP contribution in [0.2, 0.25) is 0 Å². The molecule has 1 fully saturated rings. The predicted molar refractivity (Wildman–Crippen MR) is 91.2 cm³/mol. The molecule has 0 aromatic heterocycles. The summed E-state index contributed by atoms with van der Waals surface area (Å²) in [6.07, 6.45) is 1.77. The maximum Gasteiger partial charge on any atom is 0.335 e. The minimum atomic E-state index is -3.45. The van der Waals surface area contributed by atoms with Gasteiger partial charge in [0, 0.05) is 18.8 Å². The molecule has 1 saturated heterocycles. The van der Waals surface area contributed by atoms with E-state index < -0.39 is 16.0 Å². The Morgan fingerprint density at radius 1 is 1.00 bits per heavy atom. The summed E-state index contributed by atoms with van der Waals surface area (Å²) in [6.45, 7) is 1.11. The molecular weight excluding hydrogens is 328 g/mol.